The van der Waals surface area contributed by atoms with Gasteiger partial charge >= 0.3 is 0 Å². The first-order valence-electron chi connectivity index (χ1n) is 5.84. The van der Waals surface area contributed by atoms with E-state index in [1.807, 2.05) is 26.0 Å². The Balaban J connectivity index is 2.47. The Morgan fingerprint density at radius 2 is 1.74 bits per heavy atom. The van der Waals surface area contributed by atoms with Gasteiger partial charge in [0.15, 0.2) is 0 Å². The summed E-state index contributed by atoms with van der Waals surface area (Å²) in [5, 5.41) is 10.4. The second-order valence-electron chi connectivity index (χ2n) is 4.32. The standard InChI is InChI=1S/C14H15BrN2O2/c1-8-6-10(7-9(2)11(8)15)13(18)12-14(19-3)17-5-4-16-12/h4-7,13,18H,1-3H3. The first-order valence-corrected chi connectivity index (χ1v) is 6.63. The van der Waals surface area contributed by atoms with E-state index < -0.39 is 6.10 Å². The van der Waals surface area contributed by atoms with Crippen molar-refractivity contribution < 1.29 is 9.84 Å². The molecule has 0 aliphatic carbocycles. The second kappa shape index (κ2) is 5.67. The van der Waals surface area contributed by atoms with Gasteiger partial charge in [0.25, 0.3) is 0 Å². The highest BCUT2D eigenvalue weighted by Crippen LogP contribution is 2.30. The van der Waals surface area contributed by atoms with Crippen molar-refractivity contribution >= 4 is 15.9 Å². The second-order valence-corrected chi connectivity index (χ2v) is 5.12. The number of benzene rings is 1. The van der Waals surface area contributed by atoms with E-state index >= 15 is 0 Å². The third-order valence-electron chi connectivity index (χ3n) is 2.92. The molecule has 2 rings (SSSR count). The number of nitrogens with zero attached hydrogens (tertiary/aromatic N) is 2. The van der Waals surface area contributed by atoms with Crippen LogP contribution in [0, 0.1) is 13.8 Å². The minimum absolute atomic E-state index is 0.341. The van der Waals surface area contributed by atoms with E-state index in [4.69, 9.17) is 4.74 Å². The molecule has 0 saturated carbocycles. The summed E-state index contributed by atoms with van der Waals surface area (Å²) in [6, 6.07) is 3.85. The lowest BCUT2D eigenvalue weighted by Gasteiger charge is -2.15. The van der Waals surface area contributed by atoms with Crippen LogP contribution in [0.4, 0.5) is 0 Å². The number of aromatic nitrogens is 2. The number of aliphatic hydroxyl groups excluding tert-OH is 1. The summed E-state index contributed by atoms with van der Waals surface area (Å²) in [4.78, 5) is 8.21. The zero-order chi connectivity index (χ0) is 14.0. The molecule has 2 aromatic rings. The highest BCUT2D eigenvalue weighted by molar-refractivity contribution is 9.10. The average Bonchev–Trinajstić information content (AvgIpc) is 2.43. The first-order chi connectivity index (χ1) is 9.04. The maximum atomic E-state index is 10.4. The van der Waals surface area contributed by atoms with E-state index in [-0.39, 0.29) is 0 Å². The lowest BCUT2D eigenvalue weighted by Crippen LogP contribution is -2.07. The number of ether oxygens (including phenoxy) is 1. The smallest absolute Gasteiger partial charge is 0.238 e. The van der Waals surface area contributed by atoms with Crippen molar-refractivity contribution in [2.75, 3.05) is 7.11 Å². The summed E-state index contributed by atoms with van der Waals surface area (Å²) >= 11 is 3.51. The van der Waals surface area contributed by atoms with Gasteiger partial charge in [0.1, 0.15) is 11.8 Å². The van der Waals surface area contributed by atoms with E-state index in [9.17, 15) is 5.11 Å². The number of halogens is 1. The molecule has 1 atom stereocenters. The van der Waals surface area contributed by atoms with Crippen molar-refractivity contribution in [2.24, 2.45) is 0 Å². The molecule has 19 heavy (non-hydrogen) atoms. The molecule has 0 saturated heterocycles. The van der Waals surface area contributed by atoms with Gasteiger partial charge in [-0.25, -0.2) is 4.98 Å². The van der Waals surface area contributed by atoms with Gasteiger partial charge in [-0.05, 0) is 30.5 Å². The molecule has 100 valence electrons. The quantitative estimate of drug-likeness (QED) is 0.943. The molecule has 5 heteroatoms. The maximum Gasteiger partial charge on any atom is 0.238 e. The van der Waals surface area contributed by atoms with Crippen LogP contribution in [0.1, 0.15) is 28.5 Å². The minimum Gasteiger partial charge on any atom is -0.480 e. The highest BCUT2D eigenvalue weighted by atomic mass is 79.9. The number of hydrogen-bond donors (Lipinski definition) is 1. The number of methoxy groups -OCH3 is 1. The Morgan fingerprint density at radius 1 is 1.16 bits per heavy atom. The lowest BCUT2D eigenvalue weighted by molar-refractivity contribution is 0.207. The Bertz CT molecular complexity index is 579. The van der Waals surface area contributed by atoms with Crippen LogP contribution in [-0.4, -0.2) is 22.2 Å². The Hall–Kier alpha value is -1.46. The van der Waals surface area contributed by atoms with E-state index in [1.54, 1.807) is 6.20 Å². The molecule has 0 bridgehead atoms. The molecule has 0 aliphatic heterocycles. The molecule has 1 N–H and O–H groups in total. The Labute approximate surface area is 120 Å². The van der Waals surface area contributed by atoms with Crippen LogP contribution >= 0.6 is 15.9 Å². The van der Waals surface area contributed by atoms with Gasteiger partial charge in [0.05, 0.1) is 7.11 Å². The molecule has 0 aliphatic rings. The van der Waals surface area contributed by atoms with Gasteiger partial charge < -0.3 is 9.84 Å². The van der Waals surface area contributed by atoms with Gasteiger partial charge in [-0.2, -0.15) is 0 Å². The molecule has 1 aromatic heterocycles. The van der Waals surface area contributed by atoms with E-state index in [0.29, 0.717) is 11.6 Å². The minimum atomic E-state index is -0.853. The van der Waals surface area contributed by atoms with Crippen molar-refractivity contribution in [2.45, 2.75) is 20.0 Å². The van der Waals surface area contributed by atoms with Gasteiger partial charge in [-0.15, -0.1) is 0 Å². The molecule has 1 aromatic carbocycles. The van der Waals surface area contributed by atoms with E-state index in [1.165, 1.54) is 13.3 Å². The van der Waals surface area contributed by atoms with Crippen LogP contribution in [0.25, 0.3) is 0 Å². The van der Waals surface area contributed by atoms with Crippen LogP contribution in [0.3, 0.4) is 0 Å². The number of rotatable bonds is 3. The molecule has 0 spiro atoms. The van der Waals surface area contributed by atoms with Gasteiger partial charge in [0, 0.05) is 16.9 Å². The van der Waals surface area contributed by atoms with Crippen molar-refractivity contribution in [1.29, 1.82) is 0 Å². The van der Waals surface area contributed by atoms with Crippen LogP contribution in [0.5, 0.6) is 5.88 Å². The molecular weight excluding hydrogens is 308 g/mol. The molecular formula is C14H15BrN2O2. The zero-order valence-electron chi connectivity index (χ0n) is 11.0. The first kappa shape index (κ1) is 14.0. The Kier molecular flexibility index (Phi) is 4.17. The summed E-state index contributed by atoms with van der Waals surface area (Å²) < 4.78 is 6.18. The fraction of sp³-hybridized carbons (Fsp3) is 0.286. The highest BCUT2D eigenvalue weighted by Gasteiger charge is 2.19. The van der Waals surface area contributed by atoms with Crippen LogP contribution < -0.4 is 4.74 Å². The van der Waals surface area contributed by atoms with Crippen molar-refractivity contribution in [3.8, 4) is 5.88 Å². The van der Waals surface area contributed by atoms with E-state index in [0.717, 1.165) is 21.2 Å². The molecule has 0 radical (unpaired) electrons. The summed E-state index contributed by atoms with van der Waals surface area (Å²) in [6.07, 6.45) is 2.22. The van der Waals surface area contributed by atoms with Crippen molar-refractivity contribution in [1.82, 2.24) is 9.97 Å². The molecule has 1 unspecified atom stereocenters. The summed E-state index contributed by atoms with van der Waals surface area (Å²) in [6.45, 7) is 3.97. The zero-order valence-corrected chi connectivity index (χ0v) is 12.6. The van der Waals surface area contributed by atoms with E-state index in [2.05, 4.69) is 25.9 Å². The fourth-order valence-electron chi connectivity index (χ4n) is 1.98. The van der Waals surface area contributed by atoms with Gasteiger partial charge in [0.2, 0.25) is 5.88 Å². The predicted molar refractivity (Wildman–Crippen MR) is 76.3 cm³/mol. The van der Waals surface area contributed by atoms with Crippen LogP contribution in [-0.2, 0) is 0 Å². The molecule has 1 heterocycles. The topological polar surface area (TPSA) is 55.2 Å². The average molecular weight is 323 g/mol. The monoisotopic (exact) mass is 322 g/mol. The summed E-state index contributed by atoms with van der Waals surface area (Å²) in [5.41, 5.74) is 3.33. The summed E-state index contributed by atoms with van der Waals surface area (Å²) in [5.74, 6) is 0.341. The van der Waals surface area contributed by atoms with Crippen molar-refractivity contribution in [3.63, 3.8) is 0 Å². The predicted octanol–water partition coefficient (Wildman–Crippen LogP) is 2.95. The number of hydrogen-bond acceptors (Lipinski definition) is 4. The van der Waals surface area contributed by atoms with Crippen LogP contribution in [0.2, 0.25) is 0 Å². The maximum absolute atomic E-state index is 10.4. The van der Waals surface area contributed by atoms with Crippen molar-refractivity contribution in [3.05, 3.63) is 51.4 Å². The lowest BCUT2D eigenvalue weighted by atomic mass is 10.0. The van der Waals surface area contributed by atoms with Gasteiger partial charge in [-0.3, -0.25) is 4.98 Å². The third-order valence-corrected chi connectivity index (χ3v) is 4.17. The molecule has 4 nitrogen and oxygen atoms in total. The normalized spacial score (nSPS) is 12.3. The SMILES string of the molecule is COc1nccnc1C(O)c1cc(C)c(Br)c(C)c1. The summed E-state index contributed by atoms with van der Waals surface area (Å²) in [7, 11) is 1.51. The number of aryl methyl sites for hydroxylation is 2. The third kappa shape index (κ3) is 2.77. The number of aliphatic hydroxyl groups is 1. The molecule has 0 amide bonds. The Morgan fingerprint density at radius 3 is 2.32 bits per heavy atom. The fourth-order valence-corrected chi connectivity index (χ4v) is 2.20. The van der Waals surface area contributed by atoms with Gasteiger partial charge in [-0.1, -0.05) is 28.1 Å². The largest absolute Gasteiger partial charge is 0.480 e. The van der Waals surface area contributed by atoms with Crippen LogP contribution in [0.15, 0.2) is 29.0 Å². The molecule has 0 fully saturated rings.